The fourth-order valence-electron chi connectivity index (χ4n) is 2.90. The smallest absolute Gasteiger partial charge is 0.279 e. The van der Waals surface area contributed by atoms with Gasteiger partial charge in [-0.2, -0.15) is 0 Å². The first kappa shape index (κ1) is 16.0. The van der Waals surface area contributed by atoms with Crippen LogP contribution >= 0.6 is 0 Å². The van der Waals surface area contributed by atoms with Crippen LogP contribution in [0.2, 0.25) is 0 Å². The van der Waals surface area contributed by atoms with Crippen molar-refractivity contribution in [3.63, 3.8) is 0 Å². The van der Waals surface area contributed by atoms with Gasteiger partial charge in [0.2, 0.25) is 0 Å². The summed E-state index contributed by atoms with van der Waals surface area (Å²) in [4.78, 5) is 13.4. The number of para-hydroxylation sites is 1. The van der Waals surface area contributed by atoms with Gasteiger partial charge in [-0.25, -0.2) is 0 Å². The molecule has 4 nitrogen and oxygen atoms in total. The Morgan fingerprint density at radius 2 is 2.05 bits per heavy atom. The average Bonchev–Trinajstić information content (AvgIpc) is 2.44. The van der Waals surface area contributed by atoms with Gasteiger partial charge < -0.3 is 15.0 Å². The largest absolute Gasteiger partial charge is 0.372 e. The molecule has 0 bridgehead atoms. The van der Waals surface area contributed by atoms with E-state index >= 15 is 0 Å². The molecule has 0 aliphatic carbocycles. The number of hydrogen-bond donors (Lipinski definition) is 2. The van der Waals surface area contributed by atoms with Gasteiger partial charge in [-0.05, 0) is 44.2 Å². The summed E-state index contributed by atoms with van der Waals surface area (Å²) in [5, 5.41) is 3.05. The number of ether oxygens (including phenoxy) is 1. The molecule has 1 fully saturated rings. The van der Waals surface area contributed by atoms with Crippen LogP contribution in [0.5, 0.6) is 0 Å². The second-order valence-corrected chi connectivity index (χ2v) is 6.14. The molecular weight excluding hydrogens is 264 g/mol. The number of anilines is 1. The molecule has 1 aromatic carbocycles. The minimum Gasteiger partial charge on any atom is -0.372 e. The lowest BCUT2D eigenvalue weighted by atomic mass is 10.1. The van der Waals surface area contributed by atoms with Crippen molar-refractivity contribution in [2.45, 2.75) is 39.2 Å². The summed E-state index contributed by atoms with van der Waals surface area (Å²) in [6, 6.07) is 6.06. The second kappa shape index (κ2) is 7.57. The van der Waals surface area contributed by atoms with E-state index in [1.807, 2.05) is 32.0 Å². The van der Waals surface area contributed by atoms with Crippen LogP contribution in [0.15, 0.2) is 18.2 Å². The topological polar surface area (TPSA) is 42.8 Å². The van der Waals surface area contributed by atoms with Gasteiger partial charge in [0.1, 0.15) is 12.6 Å². The monoisotopic (exact) mass is 291 g/mol. The minimum absolute atomic E-state index is 0.0701. The van der Waals surface area contributed by atoms with E-state index in [9.17, 15) is 4.79 Å². The minimum atomic E-state index is 0.0701. The molecule has 2 atom stereocenters. The Hall–Kier alpha value is -1.39. The summed E-state index contributed by atoms with van der Waals surface area (Å²) in [5.41, 5.74) is 3.16. The molecule has 116 valence electrons. The van der Waals surface area contributed by atoms with E-state index in [2.05, 4.69) is 12.4 Å². The van der Waals surface area contributed by atoms with Gasteiger partial charge >= 0.3 is 0 Å². The highest BCUT2D eigenvalue weighted by Gasteiger charge is 2.20. The molecular formula is C17H27N2O2+. The Morgan fingerprint density at radius 3 is 2.67 bits per heavy atom. The lowest BCUT2D eigenvalue weighted by molar-refractivity contribution is -0.874. The molecule has 1 heterocycles. The van der Waals surface area contributed by atoms with Crippen molar-refractivity contribution < 1.29 is 14.4 Å². The number of quaternary nitrogens is 1. The van der Waals surface area contributed by atoms with Crippen LogP contribution in [0.1, 0.15) is 30.4 Å². The summed E-state index contributed by atoms with van der Waals surface area (Å²) >= 11 is 0. The van der Waals surface area contributed by atoms with Gasteiger partial charge in [0.15, 0.2) is 6.54 Å². The summed E-state index contributed by atoms with van der Waals surface area (Å²) in [7, 11) is 2.06. The van der Waals surface area contributed by atoms with Crippen LogP contribution in [-0.2, 0) is 9.53 Å². The molecule has 0 aromatic heterocycles. The zero-order valence-corrected chi connectivity index (χ0v) is 13.4. The maximum absolute atomic E-state index is 12.2. The van der Waals surface area contributed by atoms with Gasteiger partial charge in [-0.3, -0.25) is 4.79 Å². The van der Waals surface area contributed by atoms with Gasteiger partial charge in [-0.1, -0.05) is 18.2 Å². The lowest BCUT2D eigenvalue weighted by Gasteiger charge is -2.25. The van der Waals surface area contributed by atoms with Gasteiger partial charge in [-0.15, -0.1) is 0 Å². The van der Waals surface area contributed by atoms with Crippen molar-refractivity contribution in [2.75, 3.05) is 32.1 Å². The van der Waals surface area contributed by atoms with Crippen molar-refractivity contribution in [1.82, 2.24) is 0 Å². The highest BCUT2D eigenvalue weighted by molar-refractivity contribution is 5.93. The van der Waals surface area contributed by atoms with Gasteiger partial charge in [0.25, 0.3) is 5.91 Å². The summed E-state index contributed by atoms with van der Waals surface area (Å²) in [6.45, 7) is 6.30. The molecule has 0 spiro atoms. The van der Waals surface area contributed by atoms with Crippen molar-refractivity contribution in [3.8, 4) is 0 Å². The SMILES string of the molecule is Cc1cccc(C)c1NC(=O)C[NH+](C)C[C@H]1CCCCO1. The predicted molar refractivity (Wildman–Crippen MR) is 84.8 cm³/mol. The number of nitrogens with one attached hydrogen (secondary N) is 2. The number of carbonyl (C=O) groups excluding carboxylic acids is 1. The fourth-order valence-corrected chi connectivity index (χ4v) is 2.90. The van der Waals surface area contributed by atoms with Crippen LogP contribution in [0.25, 0.3) is 0 Å². The molecule has 1 amide bonds. The molecule has 2 N–H and O–H groups in total. The van der Waals surface area contributed by atoms with Crippen LogP contribution in [-0.4, -0.2) is 38.8 Å². The number of amides is 1. The molecule has 1 aliphatic heterocycles. The zero-order valence-electron chi connectivity index (χ0n) is 13.4. The third-order valence-electron chi connectivity index (χ3n) is 4.06. The Kier molecular flexibility index (Phi) is 5.76. The first-order valence-electron chi connectivity index (χ1n) is 7.85. The molecule has 1 aliphatic rings. The Balaban J connectivity index is 1.83. The van der Waals surface area contributed by atoms with E-state index in [4.69, 9.17) is 4.74 Å². The van der Waals surface area contributed by atoms with Crippen LogP contribution < -0.4 is 10.2 Å². The quantitative estimate of drug-likeness (QED) is 0.859. The van der Waals surface area contributed by atoms with E-state index in [1.54, 1.807) is 0 Å². The van der Waals surface area contributed by atoms with E-state index in [0.29, 0.717) is 12.6 Å². The first-order valence-corrected chi connectivity index (χ1v) is 7.85. The van der Waals surface area contributed by atoms with Crippen LogP contribution in [0.3, 0.4) is 0 Å². The second-order valence-electron chi connectivity index (χ2n) is 6.14. The number of aryl methyl sites for hydroxylation is 2. The highest BCUT2D eigenvalue weighted by atomic mass is 16.5. The zero-order chi connectivity index (χ0) is 15.2. The van der Waals surface area contributed by atoms with E-state index in [-0.39, 0.29) is 5.91 Å². The Morgan fingerprint density at radius 1 is 1.33 bits per heavy atom. The number of likely N-dealkylation sites (N-methyl/N-ethyl adjacent to an activating group) is 1. The van der Waals surface area contributed by atoms with Crippen molar-refractivity contribution in [1.29, 1.82) is 0 Å². The summed E-state index contributed by atoms with van der Waals surface area (Å²) in [6.07, 6.45) is 3.84. The molecule has 1 saturated heterocycles. The number of rotatable bonds is 5. The van der Waals surface area contributed by atoms with E-state index in [0.717, 1.165) is 36.4 Å². The number of benzene rings is 1. The van der Waals surface area contributed by atoms with Crippen molar-refractivity contribution >= 4 is 11.6 Å². The molecule has 1 unspecified atom stereocenters. The molecule has 2 rings (SSSR count). The maximum Gasteiger partial charge on any atom is 0.279 e. The van der Waals surface area contributed by atoms with Crippen molar-refractivity contribution in [3.05, 3.63) is 29.3 Å². The van der Waals surface area contributed by atoms with E-state index in [1.165, 1.54) is 17.7 Å². The predicted octanol–water partition coefficient (Wildman–Crippen LogP) is 1.33. The number of hydrogen-bond acceptors (Lipinski definition) is 2. The number of carbonyl (C=O) groups is 1. The standard InChI is InChI=1S/C17H26N2O2/c1-13-7-6-8-14(2)17(13)18-16(20)12-19(3)11-15-9-4-5-10-21-15/h6-8,15H,4-5,9-12H2,1-3H3,(H,18,20)/p+1/t15-/m1/s1. The third-order valence-corrected chi connectivity index (χ3v) is 4.06. The van der Waals surface area contributed by atoms with E-state index < -0.39 is 0 Å². The average molecular weight is 291 g/mol. The molecule has 21 heavy (non-hydrogen) atoms. The molecule has 0 saturated carbocycles. The van der Waals surface area contributed by atoms with Gasteiger partial charge in [0, 0.05) is 12.3 Å². The maximum atomic E-state index is 12.2. The fraction of sp³-hybridized carbons (Fsp3) is 0.588. The summed E-state index contributed by atoms with van der Waals surface area (Å²) in [5.74, 6) is 0.0701. The molecule has 1 aromatic rings. The third kappa shape index (κ3) is 4.83. The van der Waals surface area contributed by atoms with Crippen LogP contribution in [0, 0.1) is 13.8 Å². The first-order chi connectivity index (χ1) is 10.1. The van der Waals surface area contributed by atoms with Gasteiger partial charge in [0.05, 0.1) is 7.05 Å². The highest BCUT2D eigenvalue weighted by Crippen LogP contribution is 2.18. The lowest BCUT2D eigenvalue weighted by Crippen LogP contribution is -3.11. The molecule has 0 radical (unpaired) electrons. The Labute approximate surface area is 127 Å². The van der Waals surface area contributed by atoms with Crippen molar-refractivity contribution in [2.24, 2.45) is 0 Å². The Bertz CT molecular complexity index is 461. The van der Waals surface area contributed by atoms with Crippen LogP contribution in [0.4, 0.5) is 5.69 Å². The summed E-state index contributed by atoms with van der Waals surface area (Å²) < 4.78 is 5.73. The normalized spacial score (nSPS) is 20.0. The molecule has 4 heteroatoms.